The van der Waals surface area contributed by atoms with Gasteiger partial charge in [0.05, 0.1) is 23.3 Å². The highest BCUT2D eigenvalue weighted by molar-refractivity contribution is 5.93. The molecule has 1 atom stereocenters. The molecule has 150 valence electrons. The topological polar surface area (TPSA) is 78.4 Å². The summed E-state index contributed by atoms with van der Waals surface area (Å²) in [5.41, 5.74) is 2.82. The van der Waals surface area contributed by atoms with Crippen molar-refractivity contribution in [2.75, 3.05) is 26.2 Å². The number of likely N-dealkylation sites (tertiary alicyclic amines) is 1. The van der Waals surface area contributed by atoms with Crippen molar-refractivity contribution in [3.63, 3.8) is 0 Å². The van der Waals surface area contributed by atoms with Crippen LogP contribution in [0.1, 0.15) is 35.0 Å². The number of para-hydroxylation sites is 2. The van der Waals surface area contributed by atoms with E-state index in [2.05, 4.69) is 20.2 Å². The van der Waals surface area contributed by atoms with E-state index >= 15 is 0 Å². The number of hydrogen-bond acceptors (Lipinski definition) is 5. The van der Waals surface area contributed by atoms with Crippen LogP contribution >= 0.6 is 0 Å². The number of carbonyl (C=O) groups excluding carboxylic acids is 1. The molecule has 2 N–H and O–H groups in total. The average molecular weight is 390 g/mol. The van der Waals surface area contributed by atoms with Crippen molar-refractivity contribution in [3.8, 4) is 0 Å². The van der Waals surface area contributed by atoms with Crippen LogP contribution < -0.4 is 5.32 Å². The quantitative estimate of drug-likeness (QED) is 0.677. The highest BCUT2D eigenvalue weighted by atomic mass is 16.3. The van der Waals surface area contributed by atoms with Crippen molar-refractivity contribution in [1.82, 2.24) is 20.2 Å². The lowest BCUT2D eigenvalue weighted by atomic mass is 9.96. The number of piperidine rings is 1. The van der Waals surface area contributed by atoms with E-state index in [1.54, 1.807) is 0 Å². The summed E-state index contributed by atoms with van der Waals surface area (Å²) in [6.45, 7) is 3.15. The summed E-state index contributed by atoms with van der Waals surface area (Å²) in [6.07, 6.45) is 3.08. The molecule has 1 aromatic heterocycles. The first-order valence-electron chi connectivity index (χ1n) is 10.1. The lowest BCUT2D eigenvalue weighted by Crippen LogP contribution is -2.40. The van der Waals surface area contributed by atoms with Gasteiger partial charge in [0.2, 0.25) is 0 Å². The number of rotatable bonds is 6. The van der Waals surface area contributed by atoms with Crippen LogP contribution in [0.2, 0.25) is 0 Å². The zero-order valence-corrected chi connectivity index (χ0v) is 16.4. The van der Waals surface area contributed by atoms with E-state index in [1.165, 1.54) is 6.20 Å². The van der Waals surface area contributed by atoms with Crippen molar-refractivity contribution in [2.45, 2.75) is 18.9 Å². The molecule has 0 aliphatic carbocycles. The van der Waals surface area contributed by atoms with E-state index < -0.39 is 6.10 Å². The summed E-state index contributed by atoms with van der Waals surface area (Å²) in [6, 6.07) is 17.3. The third-order valence-electron chi connectivity index (χ3n) is 5.56. The van der Waals surface area contributed by atoms with E-state index in [0.717, 1.165) is 42.5 Å². The average Bonchev–Trinajstić information content (AvgIpc) is 2.78. The molecule has 3 aromatic rings. The maximum atomic E-state index is 12.4. The summed E-state index contributed by atoms with van der Waals surface area (Å²) in [5, 5.41) is 13.4. The first-order chi connectivity index (χ1) is 14.2. The van der Waals surface area contributed by atoms with Crippen LogP contribution in [0.3, 0.4) is 0 Å². The Morgan fingerprint density at radius 3 is 2.52 bits per heavy atom. The van der Waals surface area contributed by atoms with Crippen molar-refractivity contribution >= 4 is 16.9 Å². The van der Waals surface area contributed by atoms with Gasteiger partial charge in [-0.1, -0.05) is 42.5 Å². The minimum Gasteiger partial charge on any atom is -0.387 e. The summed E-state index contributed by atoms with van der Waals surface area (Å²) in [7, 11) is 0. The van der Waals surface area contributed by atoms with E-state index in [1.807, 2.05) is 54.6 Å². The summed E-state index contributed by atoms with van der Waals surface area (Å²) in [5.74, 6) is 0.266. The minimum atomic E-state index is -0.459. The second-order valence-corrected chi connectivity index (χ2v) is 7.62. The third-order valence-corrected chi connectivity index (χ3v) is 5.56. The molecule has 6 nitrogen and oxygen atoms in total. The van der Waals surface area contributed by atoms with Crippen LogP contribution in [0.4, 0.5) is 0 Å². The minimum absolute atomic E-state index is 0.176. The molecule has 2 heterocycles. The van der Waals surface area contributed by atoms with Crippen LogP contribution in [0, 0.1) is 5.92 Å². The van der Waals surface area contributed by atoms with Gasteiger partial charge < -0.3 is 15.3 Å². The molecule has 6 heteroatoms. The molecule has 1 amide bonds. The molecule has 2 aromatic carbocycles. The smallest absolute Gasteiger partial charge is 0.271 e. The van der Waals surface area contributed by atoms with Gasteiger partial charge in [0.15, 0.2) is 0 Å². The molecular weight excluding hydrogens is 364 g/mol. The molecule has 1 unspecified atom stereocenters. The Morgan fingerprint density at radius 2 is 1.76 bits per heavy atom. The lowest BCUT2D eigenvalue weighted by Gasteiger charge is -2.33. The number of amides is 1. The predicted molar refractivity (Wildman–Crippen MR) is 112 cm³/mol. The van der Waals surface area contributed by atoms with Crippen molar-refractivity contribution in [3.05, 3.63) is 72.1 Å². The molecule has 1 aliphatic rings. The van der Waals surface area contributed by atoms with Gasteiger partial charge in [0.1, 0.15) is 5.69 Å². The molecule has 29 heavy (non-hydrogen) atoms. The zero-order chi connectivity index (χ0) is 20.1. The van der Waals surface area contributed by atoms with Crippen molar-refractivity contribution in [1.29, 1.82) is 0 Å². The van der Waals surface area contributed by atoms with Gasteiger partial charge >= 0.3 is 0 Å². The van der Waals surface area contributed by atoms with Crippen LogP contribution in [-0.2, 0) is 0 Å². The van der Waals surface area contributed by atoms with E-state index in [4.69, 9.17) is 0 Å². The fourth-order valence-electron chi connectivity index (χ4n) is 3.79. The highest BCUT2D eigenvalue weighted by Crippen LogP contribution is 2.20. The zero-order valence-electron chi connectivity index (χ0n) is 16.4. The standard InChI is InChI=1S/C23H26N4O2/c28-22(18-6-2-1-3-7-18)16-27-12-10-17(11-13-27)14-25-23(29)21-15-24-19-8-4-5-9-20(19)26-21/h1-9,15,17,22,28H,10-14,16H2,(H,25,29). The fraction of sp³-hybridized carbons (Fsp3) is 0.348. The number of hydrogen-bond donors (Lipinski definition) is 2. The Hall–Kier alpha value is -2.83. The third kappa shape index (κ3) is 4.96. The molecule has 1 aliphatic heterocycles. The van der Waals surface area contributed by atoms with Crippen molar-refractivity contribution < 1.29 is 9.90 Å². The van der Waals surface area contributed by atoms with E-state index in [-0.39, 0.29) is 5.91 Å². The molecule has 0 spiro atoms. The number of fused-ring (bicyclic) bond motifs is 1. The first-order valence-corrected chi connectivity index (χ1v) is 10.1. The van der Waals surface area contributed by atoms with Gasteiger partial charge in [0, 0.05) is 13.1 Å². The van der Waals surface area contributed by atoms with E-state index in [0.29, 0.717) is 24.7 Å². The maximum absolute atomic E-state index is 12.4. The predicted octanol–water partition coefficient (Wildman–Crippen LogP) is 2.81. The second kappa shape index (κ2) is 9.11. The number of β-amino-alcohol motifs (C(OH)–C–C–N with tert-alkyl or cyclic N) is 1. The number of aromatic nitrogens is 2. The Labute approximate surface area is 170 Å². The summed E-state index contributed by atoms with van der Waals surface area (Å²) < 4.78 is 0. The molecule has 0 bridgehead atoms. The summed E-state index contributed by atoms with van der Waals surface area (Å²) in [4.78, 5) is 23.4. The normalized spacial score (nSPS) is 16.6. The van der Waals surface area contributed by atoms with Gasteiger partial charge in [-0.2, -0.15) is 0 Å². The van der Waals surface area contributed by atoms with Gasteiger partial charge in [0.25, 0.3) is 5.91 Å². The SMILES string of the molecule is O=C(NCC1CCN(CC(O)c2ccccc2)CC1)c1cnc2ccccc2n1. The van der Waals surface area contributed by atoms with Crippen molar-refractivity contribution in [2.24, 2.45) is 5.92 Å². The van der Waals surface area contributed by atoms with Crippen LogP contribution in [-0.4, -0.2) is 52.1 Å². The molecule has 0 radical (unpaired) electrons. The number of nitrogens with zero attached hydrogens (tertiary/aromatic N) is 3. The first kappa shape index (κ1) is 19.5. The van der Waals surface area contributed by atoms with Crippen LogP contribution in [0.25, 0.3) is 11.0 Å². The Balaban J connectivity index is 1.23. The Bertz CT molecular complexity index is 955. The monoisotopic (exact) mass is 390 g/mol. The van der Waals surface area contributed by atoms with E-state index in [9.17, 15) is 9.90 Å². The lowest BCUT2D eigenvalue weighted by molar-refractivity contribution is 0.0850. The number of aliphatic hydroxyl groups is 1. The molecule has 4 rings (SSSR count). The highest BCUT2D eigenvalue weighted by Gasteiger charge is 2.22. The van der Waals surface area contributed by atoms with Gasteiger partial charge in [-0.15, -0.1) is 0 Å². The number of carbonyl (C=O) groups is 1. The molecule has 1 fully saturated rings. The molecule has 0 saturated carbocycles. The molecular formula is C23H26N4O2. The number of aliphatic hydroxyl groups excluding tert-OH is 1. The molecule has 1 saturated heterocycles. The van der Waals surface area contributed by atoms with Gasteiger partial charge in [-0.25, -0.2) is 4.98 Å². The fourth-order valence-corrected chi connectivity index (χ4v) is 3.79. The largest absolute Gasteiger partial charge is 0.387 e. The van der Waals surface area contributed by atoms with Gasteiger partial charge in [-0.05, 0) is 49.5 Å². The second-order valence-electron chi connectivity index (χ2n) is 7.62. The number of nitrogens with one attached hydrogen (secondary N) is 1. The Morgan fingerprint density at radius 1 is 1.07 bits per heavy atom. The summed E-state index contributed by atoms with van der Waals surface area (Å²) >= 11 is 0. The van der Waals surface area contributed by atoms with Crippen LogP contribution in [0.5, 0.6) is 0 Å². The maximum Gasteiger partial charge on any atom is 0.271 e. The number of benzene rings is 2. The Kier molecular flexibility index (Phi) is 6.12. The van der Waals surface area contributed by atoms with Gasteiger partial charge in [-0.3, -0.25) is 9.78 Å². The van der Waals surface area contributed by atoms with Crippen LogP contribution in [0.15, 0.2) is 60.8 Å².